The van der Waals surface area contributed by atoms with E-state index in [4.69, 9.17) is 23.2 Å². The van der Waals surface area contributed by atoms with Gasteiger partial charge in [-0.15, -0.1) is 0 Å². The Kier molecular flexibility index (Phi) is 3.46. The second-order valence-electron chi connectivity index (χ2n) is 3.52. The smallest absolute Gasteiger partial charge is 0.150 e. The van der Waals surface area contributed by atoms with E-state index < -0.39 is 5.82 Å². The summed E-state index contributed by atoms with van der Waals surface area (Å²) in [4.78, 5) is 10.6. The molecule has 0 aliphatic carbocycles. The van der Waals surface area contributed by atoms with Crippen LogP contribution in [0.2, 0.25) is 10.0 Å². The highest BCUT2D eigenvalue weighted by Gasteiger charge is 2.05. The van der Waals surface area contributed by atoms with Crippen molar-refractivity contribution in [1.29, 1.82) is 0 Å². The molecule has 2 aromatic carbocycles. The van der Waals surface area contributed by atoms with Crippen molar-refractivity contribution in [2.24, 2.45) is 0 Å². The third-order valence-electron chi connectivity index (χ3n) is 2.31. The molecule has 0 unspecified atom stereocenters. The van der Waals surface area contributed by atoms with Gasteiger partial charge in [-0.3, -0.25) is 4.79 Å². The highest BCUT2D eigenvalue weighted by Crippen LogP contribution is 2.29. The van der Waals surface area contributed by atoms with Crippen LogP contribution < -0.4 is 0 Å². The zero-order valence-corrected chi connectivity index (χ0v) is 10.1. The van der Waals surface area contributed by atoms with Crippen molar-refractivity contribution in [3.05, 3.63) is 57.8 Å². The summed E-state index contributed by atoms with van der Waals surface area (Å²) >= 11 is 11.7. The molecule has 17 heavy (non-hydrogen) atoms. The topological polar surface area (TPSA) is 17.1 Å². The second kappa shape index (κ2) is 4.86. The van der Waals surface area contributed by atoms with Gasteiger partial charge in [-0.25, -0.2) is 4.39 Å². The molecule has 0 amide bonds. The fourth-order valence-electron chi connectivity index (χ4n) is 1.52. The molecule has 4 heteroatoms. The normalized spacial score (nSPS) is 10.3. The van der Waals surface area contributed by atoms with Crippen molar-refractivity contribution < 1.29 is 9.18 Å². The Labute approximate surface area is 108 Å². The number of hydrogen-bond acceptors (Lipinski definition) is 1. The number of aldehydes is 1. The van der Waals surface area contributed by atoms with E-state index in [1.807, 2.05) is 0 Å². The molecule has 0 aliphatic heterocycles. The lowest BCUT2D eigenvalue weighted by molar-refractivity contribution is 0.112. The van der Waals surface area contributed by atoms with Gasteiger partial charge < -0.3 is 0 Å². The van der Waals surface area contributed by atoms with Gasteiger partial charge in [0.1, 0.15) is 12.1 Å². The quantitative estimate of drug-likeness (QED) is 0.727. The zero-order chi connectivity index (χ0) is 12.4. The molecule has 0 N–H and O–H groups in total. The fraction of sp³-hybridized carbons (Fsp3) is 0. The monoisotopic (exact) mass is 268 g/mol. The van der Waals surface area contributed by atoms with E-state index in [0.717, 1.165) is 0 Å². The molecule has 0 radical (unpaired) electrons. The predicted octanol–water partition coefficient (Wildman–Crippen LogP) is 4.61. The van der Waals surface area contributed by atoms with Crippen molar-refractivity contribution in [3.8, 4) is 11.1 Å². The van der Waals surface area contributed by atoms with Gasteiger partial charge in [0.15, 0.2) is 0 Å². The first-order valence-electron chi connectivity index (χ1n) is 4.81. The Morgan fingerprint density at radius 1 is 0.941 bits per heavy atom. The van der Waals surface area contributed by atoms with E-state index >= 15 is 0 Å². The van der Waals surface area contributed by atoms with Crippen molar-refractivity contribution in [1.82, 2.24) is 0 Å². The Morgan fingerprint density at radius 2 is 1.71 bits per heavy atom. The average Bonchev–Trinajstić information content (AvgIpc) is 2.32. The number of benzene rings is 2. The number of carbonyl (C=O) groups is 1. The number of halogens is 3. The third kappa shape index (κ3) is 2.65. The SMILES string of the molecule is O=Cc1cc(F)cc(-c2ccc(Cl)c(Cl)c2)c1. The van der Waals surface area contributed by atoms with Gasteiger partial charge in [-0.2, -0.15) is 0 Å². The molecule has 0 saturated heterocycles. The van der Waals surface area contributed by atoms with Crippen LogP contribution in [0.15, 0.2) is 36.4 Å². The molecule has 0 aromatic heterocycles. The van der Waals surface area contributed by atoms with Crippen LogP contribution in [-0.4, -0.2) is 6.29 Å². The Hall–Kier alpha value is -1.38. The summed E-state index contributed by atoms with van der Waals surface area (Å²) in [7, 11) is 0. The van der Waals surface area contributed by atoms with Crippen LogP contribution in [0.25, 0.3) is 11.1 Å². The van der Waals surface area contributed by atoms with Crippen LogP contribution in [0.3, 0.4) is 0 Å². The number of hydrogen-bond donors (Lipinski definition) is 0. The summed E-state index contributed by atoms with van der Waals surface area (Å²) in [6, 6.07) is 9.09. The Morgan fingerprint density at radius 3 is 2.35 bits per heavy atom. The molecule has 2 rings (SSSR count). The highest BCUT2D eigenvalue weighted by atomic mass is 35.5. The minimum Gasteiger partial charge on any atom is -0.298 e. The third-order valence-corrected chi connectivity index (χ3v) is 3.05. The van der Waals surface area contributed by atoms with Gasteiger partial charge in [-0.1, -0.05) is 29.3 Å². The second-order valence-corrected chi connectivity index (χ2v) is 4.33. The maximum Gasteiger partial charge on any atom is 0.150 e. The van der Waals surface area contributed by atoms with Crippen LogP contribution in [-0.2, 0) is 0 Å². The van der Waals surface area contributed by atoms with E-state index in [1.165, 1.54) is 12.1 Å². The maximum atomic E-state index is 13.3. The van der Waals surface area contributed by atoms with E-state index in [9.17, 15) is 9.18 Å². The Balaban J connectivity index is 2.55. The predicted molar refractivity (Wildman–Crippen MR) is 67.2 cm³/mol. The summed E-state index contributed by atoms with van der Waals surface area (Å²) in [5, 5.41) is 0.823. The molecule has 0 bridgehead atoms. The van der Waals surface area contributed by atoms with Crippen LogP contribution in [0, 0.1) is 5.82 Å². The van der Waals surface area contributed by atoms with Gasteiger partial charge in [0.2, 0.25) is 0 Å². The molecule has 2 aromatic rings. The molecule has 1 nitrogen and oxygen atoms in total. The molecular weight excluding hydrogens is 262 g/mol. The summed E-state index contributed by atoms with van der Waals surface area (Å²) in [6.07, 6.45) is 0.601. The van der Waals surface area contributed by atoms with Gasteiger partial charge in [0, 0.05) is 5.56 Å². The van der Waals surface area contributed by atoms with Crippen LogP contribution in [0.4, 0.5) is 4.39 Å². The van der Waals surface area contributed by atoms with Gasteiger partial charge in [-0.05, 0) is 41.5 Å². The summed E-state index contributed by atoms with van der Waals surface area (Å²) < 4.78 is 13.3. The maximum absolute atomic E-state index is 13.3. The molecule has 86 valence electrons. The Bertz CT molecular complexity index is 582. The van der Waals surface area contributed by atoms with Crippen molar-refractivity contribution in [3.63, 3.8) is 0 Å². The fourth-order valence-corrected chi connectivity index (χ4v) is 1.82. The minimum absolute atomic E-state index is 0.283. The van der Waals surface area contributed by atoms with Gasteiger partial charge in [0.25, 0.3) is 0 Å². The van der Waals surface area contributed by atoms with E-state index in [0.29, 0.717) is 27.5 Å². The molecule has 0 spiro atoms. The van der Waals surface area contributed by atoms with Crippen molar-refractivity contribution >= 4 is 29.5 Å². The molecule has 0 heterocycles. The number of carbonyl (C=O) groups excluding carboxylic acids is 1. The lowest BCUT2D eigenvalue weighted by Crippen LogP contribution is -1.86. The lowest BCUT2D eigenvalue weighted by Gasteiger charge is -2.05. The lowest BCUT2D eigenvalue weighted by atomic mass is 10.0. The van der Waals surface area contributed by atoms with E-state index in [-0.39, 0.29) is 5.56 Å². The minimum atomic E-state index is -0.462. The molecule has 0 atom stereocenters. The molecule has 0 saturated carbocycles. The largest absolute Gasteiger partial charge is 0.298 e. The average molecular weight is 269 g/mol. The van der Waals surface area contributed by atoms with E-state index in [2.05, 4.69) is 0 Å². The van der Waals surface area contributed by atoms with Crippen LogP contribution in [0.1, 0.15) is 10.4 Å². The standard InChI is InChI=1S/C13H7Cl2FO/c14-12-2-1-9(6-13(12)15)10-3-8(7-17)4-11(16)5-10/h1-7H. The van der Waals surface area contributed by atoms with Crippen LogP contribution in [0.5, 0.6) is 0 Å². The number of rotatable bonds is 2. The summed E-state index contributed by atoms with van der Waals surface area (Å²) in [5.74, 6) is -0.462. The zero-order valence-electron chi connectivity index (χ0n) is 8.58. The van der Waals surface area contributed by atoms with Crippen LogP contribution >= 0.6 is 23.2 Å². The van der Waals surface area contributed by atoms with Gasteiger partial charge in [0.05, 0.1) is 10.0 Å². The van der Waals surface area contributed by atoms with E-state index in [1.54, 1.807) is 24.3 Å². The highest BCUT2D eigenvalue weighted by molar-refractivity contribution is 6.42. The molecule has 0 aliphatic rings. The summed E-state index contributed by atoms with van der Waals surface area (Å²) in [5.41, 5.74) is 1.58. The van der Waals surface area contributed by atoms with Crippen molar-refractivity contribution in [2.45, 2.75) is 0 Å². The van der Waals surface area contributed by atoms with Crippen molar-refractivity contribution in [2.75, 3.05) is 0 Å². The first-order valence-corrected chi connectivity index (χ1v) is 5.57. The first-order chi connectivity index (χ1) is 8.10. The molecular formula is C13H7Cl2FO. The first kappa shape index (κ1) is 12.1. The van der Waals surface area contributed by atoms with Gasteiger partial charge >= 0.3 is 0 Å². The summed E-state index contributed by atoms with van der Waals surface area (Å²) in [6.45, 7) is 0. The molecule has 0 fully saturated rings.